The van der Waals surface area contributed by atoms with Gasteiger partial charge in [0.1, 0.15) is 23.3 Å². The Labute approximate surface area is 216 Å². The number of carbonyl (C=O) groups excluding carboxylic acids is 1. The number of imidazole rings is 1. The Morgan fingerprint density at radius 3 is 2.63 bits per heavy atom. The van der Waals surface area contributed by atoms with Gasteiger partial charge in [-0.15, -0.1) is 0 Å². The van der Waals surface area contributed by atoms with Crippen molar-refractivity contribution in [1.29, 1.82) is 0 Å². The minimum absolute atomic E-state index is 0.0748. The third-order valence-corrected chi connectivity index (χ3v) is 6.49. The number of fused-ring (bicyclic) bond motifs is 1. The summed E-state index contributed by atoms with van der Waals surface area (Å²) in [6.07, 6.45) is 3.12. The fourth-order valence-corrected chi connectivity index (χ4v) is 4.18. The Morgan fingerprint density at radius 1 is 1.13 bits per heavy atom. The Bertz CT molecular complexity index is 1810. The van der Waals surface area contributed by atoms with Crippen molar-refractivity contribution in [2.24, 2.45) is 7.05 Å². The number of aromatic nitrogens is 7. The highest BCUT2D eigenvalue weighted by Crippen LogP contribution is 2.21. The van der Waals surface area contributed by atoms with Gasteiger partial charge in [0.15, 0.2) is 11.2 Å². The lowest BCUT2D eigenvalue weighted by molar-refractivity contribution is -0.118. The number of hydrogen-bond acceptors (Lipinski definition) is 8. The smallest absolute Gasteiger partial charge is 0.332 e. The van der Waals surface area contributed by atoms with E-state index in [-0.39, 0.29) is 17.7 Å². The first-order valence-corrected chi connectivity index (χ1v) is 11.9. The van der Waals surface area contributed by atoms with Gasteiger partial charge in [-0.3, -0.25) is 23.7 Å². The molecule has 5 heterocycles. The summed E-state index contributed by atoms with van der Waals surface area (Å²) in [6.45, 7) is 7.20. The molecule has 0 spiro atoms. The number of hydrogen-bond donors (Lipinski definition) is 1. The molecule has 1 amide bonds. The Morgan fingerprint density at radius 2 is 1.92 bits per heavy atom. The first kappa shape index (κ1) is 24.8. The van der Waals surface area contributed by atoms with E-state index in [1.165, 1.54) is 22.5 Å². The van der Waals surface area contributed by atoms with Crippen LogP contribution in [-0.2, 0) is 18.4 Å². The number of amides is 1. The van der Waals surface area contributed by atoms with E-state index in [1.54, 1.807) is 38.2 Å². The standard InChI is InChI=1S/C26H26N8O4/c1-14-9-18(11-27-16(14)3)20-7-6-8-21(29-20)30-24(35)17(4)34-13-28-23-22(34)25(36)33(26(37)32(23)5)12-19-10-15(2)38-31-19/h6-11,13,17H,12H2,1-5H3,(H,29,30,35)/t17-/m0/s1. The molecule has 0 unspecified atom stereocenters. The third-order valence-electron chi connectivity index (χ3n) is 6.49. The van der Waals surface area contributed by atoms with E-state index in [0.29, 0.717) is 23.0 Å². The molecule has 1 N–H and O–H groups in total. The predicted octanol–water partition coefficient (Wildman–Crippen LogP) is 2.51. The molecule has 0 aliphatic heterocycles. The van der Waals surface area contributed by atoms with Crippen LogP contribution in [0.2, 0.25) is 0 Å². The average Bonchev–Trinajstić information content (AvgIpc) is 3.53. The Balaban J connectivity index is 1.46. The van der Waals surface area contributed by atoms with Gasteiger partial charge in [-0.05, 0) is 51.5 Å². The van der Waals surface area contributed by atoms with Crippen molar-refractivity contribution in [1.82, 2.24) is 33.8 Å². The van der Waals surface area contributed by atoms with Crippen LogP contribution >= 0.6 is 0 Å². The molecule has 0 saturated carbocycles. The lowest BCUT2D eigenvalue weighted by Crippen LogP contribution is -2.40. The first-order chi connectivity index (χ1) is 18.1. The topological polar surface area (TPSA) is 143 Å². The van der Waals surface area contributed by atoms with Gasteiger partial charge < -0.3 is 14.4 Å². The van der Waals surface area contributed by atoms with Gasteiger partial charge in [0.05, 0.1) is 18.6 Å². The summed E-state index contributed by atoms with van der Waals surface area (Å²) >= 11 is 0. The van der Waals surface area contributed by atoms with Crippen LogP contribution in [0.1, 0.15) is 35.7 Å². The largest absolute Gasteiger partial charge is 0.361 e. The maximum Gasteiger partial charge on any atom is 0.332 e. The van der Waals surface area contributed by atoms with E-state index in [4.69, 9.17) is 4.52 Å². The highest BCUT2D eigenvalue weighted by molar-refractivity contribution is 5.93. The summed E-state index contributed by atoms with van der Waals surface area (Å²) in [5.74, 6) is 0.514. The molecular formula is C26H26N8O4. The molecule has 5 aromatic rings. The summed E-state index contributed by atoms with van der Waals surface area (Å²) in [6, 6.07) is 8.13. The van der Waals surface area contributed by atoms with Crippen molar-refractivity contribution in [2.45, 2.75) is 40.3 Å². The molecule has 12 heteroatoms. The fourth-order valence-electron chi connectivity index (χ4n) is 4.18. The molecule has 1 atom stereocenters. The third kappa shape index (κ3) is 4.40. The number of pyridine rings is 2. The molecule has 0 fully saturated rings. The second kappa shape index (κ2) is 9.54. The van der Waals surface area contributed by atoms with Gasteiger partial charge in [-0.25, -0.2) is 14.8 Å². The second-order valence-corrected chi connectivity index (χ2v) is 9.19. The minimum Gasteiger partial charge on any atom is -0.361 e. The molecule has 0 aromatic carbocycles. The van der Waals surface area contributed by atoms with E-state index >= 15 is 0 Å². The van der Waals surface area contributed by atoms with Crippen molar-refractivity contribution < 1.29 is 9.32 Å². The van der Waals surface area contributed by atoms with E-state index in [2.05, 4.69) is 25.4 Å². The van der Waals surface area contributed by atoms with Crippen LogP contribution in [0, 0.1) is 20.8 Å². The maximum atomic E-state index is 13.4. The van der Waals surface area contributed by atoms with Gasteiger partial charge in [0.25, 0.3) is 5.56 Å². The van der Waals surface area contributed by atoms with E-state index in [0.717, 1.165) is 21.4 Å². The average molecular weight is 515 g/mol. The van der Waals surface area contributed by atoms with Gasteiger partial charge in [0, 0.05) is 30.6 Å². The van der Waals surface area contributed by atoms with Gasteiger partial charge in [-0.1, -0.05) is 11.2 Å². The molecule has 194 valence electrons. The minimum atomic E-state index is -0.832. The van der Waals surface area contributed by atoms with E-state index in [1.807, 2.05) is 26.0 Å². The van der Waals surface area contributed by atoms with Crippen molar-refractivity contribution in [2.75, 3.05) is 5.32 Å². The Hall–Kier alpha value is -4.87. The van der Waals surface area contributed by atoms with Gasteiger partial charge in [-0.2, -0.15) is 0 Å². The molecule has 0 bridgehead atoms. The van der Waals surface area contributed by atoms with Crippen LogP contribution in [0.5, 0.6) is 0 Å². The van der Waals surface area contributed by atoms with Crippen LogP contribution in [0.25, 0.3) is 22.4 Å². The number of carbonyl (C=O) groups is 1. The summed E-state index contributed by atoms with van der Waals surface area (Å²) in [7, 11) is 1.52. The number of rotatable bonds is 6. The molecule has 5 aromatic heterocycles. The molecule has 0 radical (unpaired) electrons. The molecule has 5 rings (SSSR count). The van der Waals surface area contributed by atoms with Crippen LogP contribution in [-0.4, -0.2) is 39.7 Å². The van der Waals surface area contributed by atoms with Crippen LogP contribution in [0.4, 0.5) is 5.82 Å². The van der Waals surface area contributed by atoms with Crippen LogP contribution in [0.15, 0.2) is 57.0 Å². The molecule has 0 saturated heterocycles. The van der Waals surface area contributed by atoms with Gasteiger partial charge >= 0.3 is 5.69 Å². The molecule has 0 aliphatic carbocycles. The zero-order valence-electron chi connectivity index (χ0n) is 21.6. The maximum absolute atomic E-state index is 13.4. The van der Waals surface area contributed by atoms with Crippen molar-refractivity contribution >= 4 is 22.9 Å². The highest BCUT2D eigenvalue weighted by atomic mass is 16.5. The molecular weight excluding hydrogens is 488 g/mol. The lowest BCUT2D eigenvalue weighted by Gasteiger charge is -2.15. The van der Waals surface area contributed by atoms with E-state index in [9.17, 15) is 14.4 Å². The summed E-state index contributed by atoms with van der Waals surface area (Å²) in [5, 5.41) is 6.70. The van der Waals surface area contributed by atoms with Gasteiger partial charge in [0.2, 0.25) is 5.91 Å². The lowest BCUT2D eigenvalue weighted by atomic mass is 10.1. The van der Waals surface area contributed by atoms with Crippen molar-refractivity contribution in [3.8, 4) is 11.3 Å². The van der Waals surface area contributed by atoms with E-state index < -0.39 is 23.2 Å². The normalized spacial score (nSPS) is 12.1. The number of nitrogens with zero attached hydrogens (tertiary/aromatic N) is 7. The highest BCUT2D eigenvalue weighted by Gasteiger charge is 2.23. The number of anilines is 1. The zero-order chi connectivity index (χ0) is 27.1. The summed E-state index contributed by atoms with van der Waals surface area (Å²) in [5.41, 5.74) is 3.08. The number of nitrogens with one attached hydrogen (secondary N) is 1. The summed E-state index contributed by atoms with van der Waals surface area (Å²) < 4.78 is 8.83. The fraction of sp³-hybridized carbons (Fsp3) is 0.269. The van der Waals surface area contributed by atoms with Crippen molar-refractivity contribution in [3.63, 3.8) is 0 Å². The molecule has 12 nitrogen and oxygen atoms in total. The van der Waals surface area contributed by atoms with Crippen molar-refractivity contribution in [3.05, 3.63) is 86.4 Å². The second-order valence-electron chi connectivity index (χ2n) is 9.19. The first-order valence-electron chi connectivity index (χ1n) is 11.9. The van der Waals surface area contributed by atoms with Crippen LogP contribution in [0.3, 0.4) is 0 Å². The monoisotopic (exact) mass is 514 g/mol. The molecule has 38 heavy (non-hydrogen) atoms. The quantitative estimate of drug-likeness (QED) is 0.364. The molecule has 0 aliphatic rings. The Kier molecular flexibility index (Phi) is 6.23. The summed E-state index contributed by atoms with van der Waals surface area (Å²) in [4.78, 5) is 52.7. The number of aryl methyl sites for hydroxylation is 4. The zero-order valence-corrected chi connectivity index (χ0v) is 21.6. The predicted molar refractivity (Wildman–Crippen MR) is 140 cm³/mol. The van der Waals surface area contributed by atoms with Crippen LogP contribution < -0.4 is 16.6 Å². The SMILES string of the molecule is Cc1cc(Cn2c(=O)c3c(ncn3[C@@H](C)C(=O)Nc3cccc(-c4cnc(C)c(C)c4)n3)n(C)c2=O)no1.